The molecule has 0 aromatic heterocycles. The number of nitrogens with two attached hydrogens (primary N) is 1. The van der Waals surface area contributed by atoms with E-state index in [9.17, 15) is 30.3 Å². The van der Waals surface area contributed by atoms with E-state index in [2.05, 4.69) is 0 Å². The van der Waals surface area contributed by atoms with Crippen LogP contribution in [0.1, 0.15) is 28.8 Å². The fourth-order valence-corrected chi connectivity index (χ4v) is 8.03. The highest BCUT2D eigenvalue weighted by molar-refractivity contribution is 8.76. The standard InChI is InChI=1S/C27H33NO9S2/c1-12-7-13-8-16(35-2)10-18-20(13)21(30)19(12)17(29)4-6-38-39-11-14-9-15(28)3-5-27(14,34)25-23(32)22(31)24(33)26(36-18)37-25/h3,5,7-8,10,14-15,22-26,30-34H,4,6,9,11,28H2,1-2H3/t14-,15+,22-,23-,24+,25+,26-,27-/m0/s1. The highest BCUT2D eigenvalue weighted by Crippen LogP contribution is 2.45. The number of rotatable bonds is 1. The molecule has 0 radical (unpaired) electrons. The van der Waals surface area contributed by atoms with Crippen LogP contribution in [0.2, 0.25) is 0 Å². The summed E-state index contributed by atoms with van der Waals surface area (Å²) in [6, 6.07) is 4.57. The van der Waals surface area contributed by atoms with Crippen LogP contribution < -0.4 is 15.2 Å². The van der Waals surface area contributed by atoms with Crippen molar-refractivity contribution in [3.63, 3.8) is 0 Å². The van der Waals surface area contributed by atoms with E-state index in [0.29, 0.717) is 34.6 Å². The summed E-state index contributed by atoms with van der Waals surface area (Å²) in [5.74, 6) is 0.315. The number of benzene rings is 2. The average molecular weight is 580 g/mol. The molecule has 7 N–H and O–H groups in total. The van der Waals surface area contributed by atoms with Crippen molar-refractivity contribution in [3.8, 4) is 17.2 Å². The van der Waals surface area contributed by atoms with Crippen molar-refractivity contribution in [2.24, 2.45) is 11.7 Å². The summed E-state index contributed by atoms with van der Waals surface area (Å²) in [4.78, 5) is 13.2. The minimum Gasteiger partial charge on any atom is -0.506 e. The third-order valence-corrected chi connectivity index (χ3v) is 10.2. The number of aliphatic hydroxyl groups excluding tert-OH is 3. The van der Waals surface area contributed by atoms with Gasteiger partial charge in [0.25, 0.3) is 0 Å². The second-order valence-electron chi connectivity index (χ2n) is 10.3. The minimum atomic E-state index is -1.73. The topological polar surface area (TPSA) is 172 Å². The highest BCUT2D eigenvalue weighted by Gasteiger charge is 2.56. The van der Waals surface area contributed by atoms with Gasteiger partial charge in [-0.25, -0.2) is 0 Å². The van der Waals surface area contributed by atoms with Crippen molar-refractivity contribution < 1.29 is 44.5 Å². The predicted molar refractivity (Wildman–Crippen MR) is 148 cm³/mol. The fraction of sp³-hybridized carbons (Fsp3) is 0.519. The Balaban J connectivity index is 1.66. The fourth-order valence-electron chi connectivity index (χ4n) is 5.60. The van der Waals surface area contributed by atoms with Crippen molar-refractivity contribution in [3.05, 3.63) is 41.5 Å². The summed E-state index contributed by atoms with van der Waals surface area (Å²) < 4.78 is 17.5. The van der Waals surface area contributed by atoms with E-state index in [1.807, 2.05) is 0 Å². The van der Waals surface area contributed by atoms with Gasteiger partial charge in [-0.15, -0.1) is 0 Å². The molecule has 212 valence electrons. The maximum atomic E-state index is 13.2. The summed E-state index contributed by atoms with van der Waals surface area (Å²) >= 11 is 0. The van der Waals surface area contributed by atoms with Crippen molar-refractivity contribution in [1.82, 2.24) is 0 Å². The molecule has 4 bridgehead atoms. The first-order valence-electron chi connectivity index (χ1n) is 12.7. The molecule has 2 aliphatic heterocycles. The number of phenolic OH excluding ortho intramolecular Hbond substituents is 1. The first-order valence-corrected chi connectivity index (χ1v) is 15.2. The maximum Gasteiger partial charge on any atom is 0.229 e. The number of hydrogen-bond acceptors (Lipinski definition) is 12. The third kappa shape index (κ3) is 5.13. The van der Waals surface area contributed by atoms with Gasteiger partial charge in [0.05, 0.1) is 18.1 Å². The molecular weight excluding hydrogens is 546 g/mol. The number of phenols is 1. The lowest BCUT2D eigenvalue weighted by atomic mass is 9.72. The molecule has 12 heteroatoms. The summed E-state index contributed by atoms with van der Waals surface area (Å²) in [6.07, 6.45) is -4.27. The lowest BCUT2D eigenvalue weighted by Gasteiger charge is -2.49. The summed E-state index contributed by atoms with van der Waals surface area (Å²) in [7, 11) is 4.37. The second-order valence-corrected chi connectivity index (χ2v) is 12.9. The first kappa shape index (κ1) is 28.5. The van der Waals surface area contributed by atoms with Gasteiger partial charge in [-0.2, -0.15) is 0 Å². The lowest BCUT2D eigenvalue weighted by molar-refractivity contribution is -0.304. The van der Waals surface area contributed by atoms with Gasteiger partial charge in [-0.3, -0.25) is 4.79 Å². The maximum absolute atomic E-state index is 13.2. The zero-order valence-electron chi connectivity index (χ0n) is 21.5. The van der Waals surface area contributed by atoms with E-state index in [4.69, 9.17) is 19.9 Å². The van der Waals surface area contributed by atoms with Crippen LogP contribution >= 0.6 is 21.6 Å². The van der Waals surface area contributed by atoms with E-state index in [-0.39, 0.29) is 40.7 Å². The van der Waals surface area contributed by atoms with Crippen LogP contribution in [-0.2, 0) is 4.74 Å². The second kappa shape index (κ2) is 11.1. The number of aromatic hydroxyl groups is 1. The van der Waals surface area contributed by atoms with E-state index in [1.54, 1.807) is 25.1 Å². The van der Waals surface area contributed by atoms with Crippen LogP contribution in [0.15, 0.2) is 30.4 Å². The molecule has 3 aliphatic rings. The molecule has 1 saturated heterocycles. The van der Waals surface area contributed by atoms with Gasteiger partial charge in [0.2, 0.25) is 6.29 Å². The monoisotopic (exact) mass is 579 g/mol. The zero-order valence-corrected chi connectivity index (χ0v) is 23.2. The minimum absolute atomic E-state index is 0.0315. The van der Waals surface area contributed by atoms with Crippen LogP contribution in [0.25, 0.3) is 10.8 Å². The van der Waals surface area contributed by atoms with Gasteiger partial charge in [0.1, 0.15) is 47.3 Å². The molecule has 5 rings (SSSR count). The Bertz CT molecular complexity index is 1290. The molecule has 1 aliphatic carbocycles. The van der Waals surface area contributed by atoms with Gasteiger partial charge < -0.3 is 45.5 Å². The Morgan fingerprint density at radius 2 is 1.90 bits per heavy atom. The van der Waals surface area contributed by atoms with E-state index in [0.717, 1.165) is 0 Å². The molecule has 2 aromatic carbocycles. The Labute approximate surface area is 233 Å². The molecule has 0 saturated carbocycles. The number of methoxy groups -OCH3 is 1. The van der Waals surface area contributed by atoms with Gasteiger partial charge >= 0.3 is 0 Å². The third-order valence-electron chi connectivity index (χ3n) is 7.72. The first-order chi connectivity index (χ1) is 18.5. The number of hydrogen-bond donors (Lipinski definition) is 6. The van der Waals surface area contributed by atoms with Crippen molar-refractivity contribution in [2.75, 3.05) is 18.6 Å². The molecule has 0 spiro atoms. The summed E-state index contributed by atoms with van der Waals surface area (Å²) in [5.41, 5.74) is 5.18. The van der Waals surface area contributed by atoms with E-state index >= 15 is 0 Å². The Morgan fingerprint density at radius 1 is 1.13 bits per heavy atom. The lowest BCUT2D eigenvalue weighted by Crippen LogP contribution is -2.67. The number of carbonyl (C=O) groups is 1. The van der Waals surface area contributed by atoms with E-state index in [1.165, 1.54) is 40.8 Å². The molecular formula is C27H33NO9S2. The largest absolute Gasteiger partial charge is 0.506 e. The Hall–Kier alpha value is -2.03. The van der Waals surface area contributed by atoms with Crippen LogP contribution in [-0.4, -0.2) is 92.3 Å². The van der Waals surface area contributed by atoms with Gasteiger partial charge in [0, 0.05) is 36.0 Å². The molecule has 2 aromatic rings. The summed E-state index contributed by atoms with van der Waals surface area (Å²) in [6.45, 7) is 1.74. The summed E-state index contributed by atoms with van der Waals surface area (Å²) in [5, 5.41) is 56.5. The van der Waals surface area contributed by atoms with Crippen molar-refractivity contribution in [1.29, 1.82) is 0 Å². The smallest absolute Gasteiger partial charge is 0.229 e. The van der Waals surface area contributed by atoms with Crippen LogP contribution in [0.5, 0.6) is 17.2 Å². The molecule has 39 heavy (non-hydrogen) atoms. The number of aryl methyl sites for hydroxylation is 1. The van der Waals surface area contributed by atoms with Crippen LogP contribution in [0.4, 0.5) is 0 Å². The Kier molecular flexibility index (Phi) is 8.11. The Morgan fingerprint density at radius 3 is 2.64 bits per heavy atom. The molecule has 1 fully saturated rings. The molecule has 0 unspecified atom stereocenters. The van der Waals surface area contributed by atoms with Gasteiger partial charge in [-0.1, -0.05) is 39.8 Å². The normalized spacial score (nSPS) is 35.5. The SMILES string of the molecule is COc1cc2c3c(O)c(c(C)cc3c1)C(=O)CCSSC[C@@H]1C[C@H](N)C=C[C@@]1(O)[C@@H]1O[C@H](O2)[C@H](O)[C@@H](O)[C@@H]1O. The highest BCUT2D eigenvalue weighted by atomic mass is 33.1. The van der Waals surface area contributed by atoms with Crippen molar-refractivity contribution >= 4 is 38.1 Å². The van der Waals surface area contributed by atoms with Crippen molar-refractivity contribution in [2.45, 2.75) is 62.1 Å². The van der Waals surface area contributed by atoms with Crippen LogP contribution in [0, 0.1) is 12.8 Å². The molecule has 0 amide bonds. The van der Waals surface area contributed by atoms with E-state index < -0.39 is 42.2 Å². The van der Waals surface area contributed by atoms with Gasteiger partial charge in [-0.05, 0) is 30.4 Å². The molecule has 2 heterocycles. The zero-order chi connectivity index (χ0) is 28.1. The number of carbonyl (C=O) groups excluding carboxylic acids is 1. The predicted octanol–water partition coefficient (Wildman–Crippen LogP) is 1.65. The average Bonchev–Trinajstić information content (AvgIpc) is 2.89. The number of ketones is 1. The number of fused-ring (bicyclic) bond motifs is 5. The number of ether oxygens (including phenoxy) is 3. The number of Topliss-reactive ketones (excluding diaryl/α,β-unsaturated/α-hetero) is 1. The quantitative estimate of drug-likeness (QED) is 0.213. The molecule has 8 atom stereocenters. The van der Waals surface area contributed by atoms with Gasteiger partial charge in [0.15, 0.2) is 5.78 Å². The number of aliphatic hydroxyl groups is 4. The van der Waals surface area contributed by atoms with Crippen LogP contribution in [0.3, 0.4) is 0 Å². The molecule has 10 nitrogen and oxygen atoms in total.